The molecule has 5 nitrogen and oxygen atoms in total. The molecule has 0 saturated carbocycles. The molecule has 34 heavy (non-hydrogen) atoms. The molecule has 1 amide bonds. The van der Waals surface area contributed by atoms with E-state index in [-0.39, 0.29) is 12.2 Å². The number of hydrogen-bond donors (Lipinski definition) is 1. The smallest absolute Gasteiger partial charge is 0.266 e. The zero-order valence-electron chi connectivity index (χ0n) is 18.9. The van der Waals surface area contributed by atoms with Crippen LogP contribution in [0.5, 0.6) is 11.5 Å². The lowest BCUT2D eigenvalue weighted by Crippen LogP contribution is -2.13. The van der Waals surface area contributed by atoms with Crippen LogP contribution in [0, 0.1) is 18.3 Å². The van der Waals surface area contributed by atoms with Gasteiger partial charge in [0.2, 0.25) is 0 Å². The number of anilines is 1. The molecule has 3 aromatic rings. The fourth-order valence-electron chi connectivity index (χ4n) is 3.18. The van der Waals surface area contributed by atoms with Crippen molar-refractivity contribution >= 4 is 29.3 Å². The van der Waals surface area contributed by atoms with E-state index >= 15 is 0 Å². The van der Waals surface area contributed by atoms with Crippen molar-refractivity contribution in [3.63, 3.8) is 0 Å². The van der Waals surface area contributed by atoms with Crippen molar-refractivity contribution < 1.29 is 14.3 Å². The molecule has 6 heteroatoms. The van der Waals surface area contributed by atoms with Crippen molar-refractivity contribution in [3.8, 4) is 17.6 Å². The maximum absolute atomic E-state index is 12.6. The maximum Gasteiger partial charge on any atom is 0.266 e. The molecule has 0 fully saturated rings. The summed E-state index contributed by atoms with van der Waals surface area (Å²) in [5.41, 5.74) is 3.18. The third kappa shape index (κ3) is 6.99. The number of aryl methyl sites for hydroxylation is 1. The van der Waals surface area contributed by atoms with Gasteiger partial charge in [0.15, 0.2) is 0 Å². The molecule has 1 N–H and O–H groups in total. The molecule has 0 aliphatic rings. The van der Waals surface area contributed by atoms with E-state index in [1.165, 1.54) is 6.08 Å². The molecule has 0 aliphatic heterocycles. The molecule has 3 aromatic carbocycles. The topological polar surface area (TPSA) is 71.3 Å². The quantitative estimate of drug-likeness (QED) is 0.161. The molecule has 0 bridgehead atoms. The molecular formula is C28H25ClN2O3. The number of nitrogens with zero attached hydrogens (tertiary/aromatic N) is 1. The molecule has 172 valence electrons. The van der Waals surface area contributed by atoms with Crippen molar-refractivity contribution in [3.05, 3.63) is 107 Å². The van der Waals surface area contributed by atoms with E-state index in [1.807, 2.05) is 55.5 Å². The summed E-state index contributed by atoms with van der Waals surface area (Å²) < 4.78 is 11.7. The highest BCUT2D eigenvalue weighted by molar-refractivity contribution is 6.30. The van der Waals surface area contributed by atoms with Crippen molar-refractivity contribution in [2.45, 2.75) is 13.3 Å². The minimum atomic E-state index is -0.514. The number of allylic oxidation sites excluding steroid dienone is 1. The number of halogens is 1. The Morgan fingerprint density at radius 3 is 2.47 bits per heavy atom. The molecule has 0 radical (unpaired) electrons. The van der Waals surface area contributed by atoms with Crippen LogP contribution in [0.1, 0.15) is 16.7 Å². The predicted octanol–water partition coefficient (Wildman–Crippen LogP) is 6.38. The van der Waals surface area contributed by atoms with Crippen molar-refractivity contribution in [2.75, 3.05) is 18.5 Å². The molecule has 0 heterocycles. The van der Waals surface area contributed by atoms with Gasteiger partial charge in [0.05, 0.1) is 0 Å². The summed E-state index contributed by atoms with van der Waals surface area (Å²) in [6, 6.07) is 22.1. The monoisotopic (exact) mass is 472 g/mol. The number of para-hydroxylation sites is 1. The number of carbonyl (C=O) groups excluding carboxylic acids is 1. The van der Waals surface area contributed by atoms with Crippen LogP contribution in [0.2, 0.25) is 5.02 Å². The van der Waals surface area contributed by atoms with E-state index < -0.39 is 5.91 Å². The number of ether oxygens (including phenoxy) is 2. The molecule has 0 aliphatic carbocycles. The Balaban J connectivity index is 1.69. The fourth-order valence-corrected chi connectivity index (χ4v) is 3.36. The highest BCUT2D eigenvalue weighted by Gasteiger charge is 2.12. The van der Waals surface area contributed by atoms with Crippen LogP contribution in [0.15, 0.2) is 85.0 Å². The highest BCUT2D eigenvalue weighted by Crippen LogP contribution is 2.26. The summed E-state index contributed by atoms with van der Waals surface area (Å²) in [4.78, 5) is 12.6. The first-order valence-corrected chi connectivity index (χ1v) is 11.1. The third-order valence-corrected chi connectivity index (χ3v) is 5.12. The zero-order valence-corrected chi connectivity index (χ0v) is 19.6. The first-order chi connectivity index (χ1) is 16.5. The molecule has 0 spiro atoms. The number of carbonyl (C=O) groups is 1. The van der Waals surface area contributed by atoms with Crippen LogP contribution in [0.3, 0.4) is 0 Å². The lowest BCUT2D eigenvalue weighted by Gasteiger charge is -2.13. The van der Waals surface area contributed by atoms with Crippen molar-refractivity contribution in [1.82, 2.24) is 0 Å². The summed E-state index contributed by atoms with van der Waals surface area (Å²) in [6.45, 7) is 6.31. The number of rotatable bonds is 10. The lowest BCUT2D eigenvalue weighted by molar-refractivity contribution is -0.112. The van der Waals surface area contributed by atoms with E-state index in [0.717, 1.165) is 16.9 Å². The average molecular weight is 473 g/mol. The van der Waals surface area contributed by atoms with Gasteiger partial charge < -0.3 is 14.8 Å². The molecule has 3 rings (SSSR count). The van der Waals surface area contributed by atoms with E-state index in [1.54, 1.807) is 30.3 Å². The summed E-state index contributed by atoms with van der Waals surface area (Å²) in [5.74, 6) is 0.754. The van der Waals surface area contributed by atoms with E-state index in [4.69, 9.17) is 21.1 Å². The first kappa shape index (κ1) is 24.6. The second-order valence-electron chi connectivity index (χ2n) is 7.47. The Bertz CT molecular complexity index is 1230. The molecular weight excluding hydrogens is 448 g/mol. The van der Waals surface area contributed by atoms with Gasteiger partial charge in [-0.1, -0.05) is 53.6 Å². The number of hydrogen-bond acceptors (Lipinski definition) is 4. The Hall–Kier alpha value is -4.01. The molecule has 0 aromatic heterocycles. The van der Waals surface area contributed by atoms with E-state index in [9.17, 15) is 10.1 Å². The lowest BCUT2D eigenvalue weighted by atomic mass is 10.1. The Kier molecular flexibility index (Phi) is 8.90. The number of benzene rings is 3. The summed E-state index contributed by atoms with van der Waals surface area (Å²) >= 11 is 6.16. The van der Waals surface area contributed by atoms with Gasteiger partial charge in [0, 0.05) is 16.3 Å². The van der Waals surface area contributed by atoms with Crippen LogP contribution in [-0.2, 0) is 11.2 Å². The van der Waals surface area contributed by atoms with Crippen LogP contribution < -0.4 is 14.8 Å². The van der Waals surface area contributed by atoms with E-state index in [2.05, 4.69) is 11.9 Å². The van der Waals surface area contributed by atoms with Crippen molar-refractivity contribution in [1.29, 1.82) is 5.26 Å². The van der Waals surface area contributed by atoms with Gasteiger partial charge in [-0.2, -0.15) is 5.26 Å². The number of nitriles is 1. The molecule has 0 atom stereocenters. The second kappa shape index (κ2) is 12.3. The number of amides is 1. The highest BCUT2D eigenvalue weighted by atomic mass is 35.5. The van der Waals surface area contributed by atoms with Crippen molar-refractivity contribution in [2.24, 2.45) is 0 Å². The zero-order chi connectivity index (χ0) is 24.3. The number of nitrogens with one attached hydrogen (secondary N) is 1. The largest absolute Gasteiger partial charge is 0.490 e. The summed E-state index contributed by atoms with van der Waals surface area (Å²) in [5, 5.41) is 12.8. The third-order valence-electron chi connectivity index (χ3n) is 4.88. The van der Waals surface area contributed by atoms with Gasteiger partial charge >= 0.3 is 0 Å². The Morgan fingerprint density at radius 2 is 1.76 bits per heavy atom. The van der Waals surface area contributed by atoms with Gasteiger partial charge in [0.25, 0.3) is 5.91 Å². The second-order valence-corrected chi connectivity index (χ2v) is 7.91. The molecule has 0 unspecified atom stereocenters. The minimum absolute atomic E-state index is 0.0673. The SMILES string of the molecule is C=CCc1ccccc1OCCOc1ccc(Cl)cc1/C=C(\C#N)C(=O)Nc1ccc(C)cc1. The standard InChI is InChI=1S/C28H25ClN2O3/c1-3-6-21-7-4-5-8-26(21)33-15-16-34-27-14-11-24(29)18-22(27)17-23(19-30)28(32)31-25-12-9-20(2)10-13-25/h3-5,7-14,17-18H,1,6,15-16H2,2H3,(H,31,32)/b23-17+. The van der Waals surface area contributed by atoms with Gasteiger partial charge in [-0.15, -0.1) is 6.58 Å². The van der Waals surface area contributed by atoms with Crippen LogP contribution in [0.25, 0.3) is 6.08 Å². The fraction of sp³-hybridized carbons (Fsp3) is 0.143. The van der Waals surface area contributed by atoms with Crippen LogP contribution in [-0.4, -0.2) is 19.1 Å². The average Bonchev–Trinajstić information content (AvgIpc) is 2.83. The predicted molar refractivity (Wildman–Crippen MR) is 136 cm³/mol. The first-order valence-electron chi connectivity index (χ1n) is 10.7. The normalized spacial score (nSPS) is 10.8. The Morgan fingerprint density at radius 1 is 1.06 bits per heavy atom. The van der Waals surface area contributed by atoms with Gasteiger partial charge in [-0.3, -0.25) is 4.79 Å². The van der Waals surface area contributed by atoms with E-state index in [0.29, 0.717) is 35.1 Å². The Labute approximate surface area is 204 Å². The van der Waals surface area contributed by atoms with Crippen LogP contribution in [0.4, 0.5) is 5.69 Å². The maximum atomic E-state index is 12.6. The summed E-state index contributed by atoms with van der Waals surface area (Å²) in [7, 11) is 0. The minimum Gasteiger partial charge on any atom is -0.490 e. The van der Waals surface area contributed by atoms with Gasteiger partial charge in [0.1, 0.15) is 36.4 Å². The summed E-state index contributed by atoms with van der Waals surface area (Å²) in [6.07, 6.45) is 4.00. The van der Waals surface area contributed by atoms with Gasteiger partial charge in [-0.05, 0) is 61.4 Å². The van der Waals surface area contributed by atoms with Crippen LogP contribution >= 0.6 is 11.6 Å². The molecule has 0 saturated heterocycles. The van der Waals surface area contributed by atoms with Gasteiger partial charge in [-0.25, -0.2) is 0 Å².